The van der Waals surface area contributed by atoms with Gasteiger partial charge in [0.25, 0.3) is 11.5 Å². The number of anilines is 1. The van der Waals surface area contributed by atoms with Gasteiger partial charge in [-0.25, -0.2) is 4.98 Å². The lowest BCUT2D eigenvalue weighted by Crippen LogP contribution is -2.17. The third-order valence-corrected chi connectivity index (χ3v) is 5.52. The molecule has 2 aromatic heterocycles. The molecule has 3 rings (SSSR count). The van der Waals surface area contributed by atoms with Crippen molar-refractivity contribution >= 4 is 55.7 Å². The largest absolute Gasteiger partial charge is 0.321 e. The molecule has 0 saturated carbocycles. The average molecular weight is 439 g/mol. The standard InChI is InChI=1S/C16H14IN3O2S/c1-8-6-10(17)4-5-11(8)19-14(21)13-9(2)12-15(23-13)18-7-20(3)16(12)22/h4-7H,1-3H3,(H,19,21). The summed E-state index contributed by atoms with van der Waals surface area (Å²) in [5.41, 5.74) is 2.32. The van der Waals surface area contributed by atoms with Crippen LogP contribution < -0.4 is 10.9 Å². The molecule has 3 aromatic rings. The molecule has 0 spiro atoms. The third-order valence-electron chi connectivity index (χ3n) is 3.65. The van der Waals surface area contributed by atoms with E-state index in [1.54, 1.807) is 14.0 Å². The molecule has 0 saturated heterocycles. The Hall–Kier alpha value is -1.74. The van der Waals surface area contributed by atoms with E-state index in [9.17, 15) is 9.59 Å². The van der Waals surface area contributed by atoms with Crippen LogP contribution in [-0.2, 0) is 7.05 Å². The number of hydrogen-bond acceptors (Lipinski definition) is 4. The Bertz CT molecular complexity index is 991. The van der Waals surface area contributed by atoms with Gasteiger partial charge in [-0.15, -0.1) is 11.3 Å². The number of nitrogens with zero attached hydrogens (tertiary/aromatic N) is 2. The Labute approximate surface area is 150 Å². The second-order valence-corrected chi connectivity index (χ2v) is 7.56. The molecule has 0 bridgehead atoms. The van der Waals surface area contributed by atoms with Crippen molar-refractivity contribution in [1.82, 2.24) is 9.55 Å². The van der Waals surface area contributed by atoms with E-state index in [0.717, 1.165) is 14.8 Å². The summed E-state index contributed by atoms with van der Waals surface area (Å²) in [7, 11) is 1.65. The fourth-order valence-electron chi connectivity index (χ4n) is 2.37. The van der Waals surface area contributed by atoms with E-state index in [4.69, 9.17) is 0 Å². The van der Waals surface area contributed by atoms with Gasteiger partial charge in [0.2, 0.25) is 0 Å². The lowest BCUT2D eigenvalue weighted by atomic mass is 10.2. The molecule has 0 fully saturated rings. The highest BCUT2D eigenvalue weighted by molar-refractivity contribution is 14.1. The molecule has 0 atom stereocenters. The molecule has 7 heteroatoms. The Balaban J connectivity index is 2.03. The number of carbonyl (C=O) groups is 1. The Morgan fingerprint density at radius 2 is 2.09 bits per heavy atom. The van der Waals surface area contributed by atoms with Gasteiger partial charge in [-0.05, 0) is 65.8 Å². The van der Waals surface area contributed by atoms with Crippen molar-refractivity contribution in [2.75, 3.05) is 5.32 Å². The van der Waals surface area contributed by atoms with E-state index in [0.29, 0.717) is 20.7 Å². The molecule has 1 amide bonds. The van der Waals surface area contributed by atoms with Gasteiger partial charge in [-0.1, -0.05) is 0 Å². The maximum absolute atomic E-state index is 12.6. The zero-order valence-electron chi connectivity index (χ0n) is 12.8. The maximum Gasteiger partial charge on any atom is 0.266 e. The van der Waals surface area contributed by atoms with E-state index < -0.39 is 0 Å². The summed E-state index contributed by atoms with van der Waals surface area (Å²) in [5, 5.41) is 3.44. The summed E-state index contributed by atoms with van der Waals surface area (Å²) in [6, 6.07) is 5.83. The van der Waals surface area contributed by atoms with Crippen molar-refractivity contribution in [3.63, 3.8) is 0 Å². The highest BCUT2D eigenvalue weighted by atomic mass is 127. The SMILES string of the molecule is Cc1cc(I)ccc1NC(=O)c1sc2ncn(C)c(=O)c2c1C. The molecule has 1 aromatic carbocycles. The molecule has 1 N–H and O–H groups in total. The number of hydrogen-bond donors (Lipinski definition) is 1. The van der Waals surface area contributed by atoms with Crippen molar-refractivity contribution in [2.24, 2.45) is 7.05 Å². The van der Waals surface area contributed by atoms with Crippen LogP contribution in [0.25, 0.3) is 10.2 Å². The normalized spacial score (nSPS) is 11.0. The van der Waals surface area contributed by atoms with Crippen LogP contribution in [-0.4, -0.2) is 15.5 Å². The lowest BCUT2D eigenvalue weighted by Gasteiger charge is -2.08. The number of nitrogens with one attached hydrogen (secondary N) is 1. The first kappa shape index (κ1) is 16.1. The first-order chi connectivity index (χ1) is 10.9. The minimum Gasteiger partial charge on any atom is -0.321 e. The molecule has 0 aliphatic heterocycles. The second-order valence-electron chi connectivity index (χ2n) is 5.31. The Kier molecular flexibility index (Phi) is 4.24. The summed E-state index contributed by atoms with van der Waals surface area (Å²) < 4.78 is 2.54. The molecule has 23 heavy (non-hydrogen) atoms. The van der Waals surface area contributed by atoms with Gasteiger partial charge in [-0.3, -0.25) is 9.59 Å². The van der Waals surface area contributed by atoms with Crippen LogP contribution in [0.3, 0.4) is 0 Å². The van der Waals surface area contributed by atoms with Gasteiger partial charge in [0.15, 0.2) is 0 Å². The van der Waals surface area contributed by atoms with Crippen molar-refractivity contribution in [3.05, 3.63) is 54.5 Å². The predicted molar refractivity (Wildman–Crippen MR) is 101 cm³/mol. The molecule has 0 aliphatic carbocycles. The van der Waals surface area contributed by atoms with Crippen molar-refractivity contribution in [3.8, 4) is 0 Å². The molecular weight excluding hydrogens is 425 g/mol. The molecule has 2 heterocycles. The zero-order chi connectivity index (χ0) is 16.7. The first-order valence-corrected chi connectivity index (χ1v) is 8.80. The van der Waals surface area contributed by atoms with E-state index in [1.807, 2.05) is 25.1 Å². The van der Waals surface area contributed by atoms with Crippen LogP contribution in [0.4, 0.5) is 5.69 Å². The van der Waals surface area contributed by atoms with Crippen LogP contribution >= 0.6 is 33.9 Å². The van der Waals surface area contributed by atoms with Gasteiger partial charge in [0.05, 0.1) is 16.6 Å². The minimum atomic E-state index is -0.211. The van der Waals surface area contributed by atoms with Crippen LogP contribution in [0.15, 0.2) is 29.3 Å². The Morgan fingerprint density at radius 3 is 2.78 bits per heavy atom. The zero-order valence-corrected chi connectivity index (χ0v) is 15.8. The van der Waals surface area contributed by atoms with Crippen LogP contribution in [0.2, 0.25) is 0 Å². The van der Waals surface area contributed by atoms with Crippen molar-refractivity contribution in [2.45, 2.75) is 13.8 Å². The minimum absolute atomic E-state index is 0.131. The summed E-state index contributed by atoms with van der Waals surface area (Å²) in [6.07, 6.45) is 1.48. The van der Waals surface area contributed by atoms with E-state index in [2.05, 4.69) is 32.9 Å². The smallest absolute Gasteiger partial charge is 0.266 e. The fourth-order valence-corrected chi connectivity index (χ4v) is 4.05. The number of halogens is 1. The van der Waals surface area contributed by atoms with Gasteiger partial charge < -0.3 is 9.88 Å². The molecule has 0 unspecified atom stereocenters. The van der Waals surface area contributed by atoms with Crippen LogP contribution in [0.1, 0.15) is 20.8 Å². The maximum atomic E-state index is 12.6. The quantitative estimate of drug-likeness (QED) is 0.623. The number of aromatic nitrogens is 2. The van der Waals surface area contributed by atoms with Gasteiger partial charge >= 0.3 is 0 Å². The predicted octanol–water partition coefficient (Wildman–Crippen LogP) is 3.47. The number of fused-ring (bicyclic) bond motifs is 1. The average Bonchev–Trinajstić information content (AvgIpc) is 2.84. The fraction of sp³-hybridized carbons (Fsp3) is 0.188. The van der Waals surface area contributed by atoms with Gasteiger partial charge in [0.1, 0.15) is 4.83 Å². The monoisotopic (exact) mass is 439 g/mol. The lowest BCUT2D eigenvalue weighted by molar-refractivity contribution is 0.103. The number of thiophene rings is 1. The molecule has 0 aliphatic rings. The van der Waals surface area contributed by atoms with E-state index >= 15 is 0 Å². The topological polar surface area (TPSA) is 64.0 Å². The van der Waals surface area contributed by atoms with Crippen LogP contribution in [0.5, 0.6) is 0 Å². The molecule has 118 valence electrons. The summed E-state index contributed by atoms with van der Waals surface area (Å²) >= 11 is 3.48. The highest BCUT2D eigenvalue weighted by Gasteiger charge is 2.19. The summed E-state index contributed by atoms with van der Waals surface area (Å²) in [4.78, 5) is 30.2. The highest BCUT2D eigenvalue weighted by Crippen LogP contribution is 2.28. The third kappa shape index (κ3) is 2.90. The van der Waals surface area contributed by atoms with Crippen molar-refractivity contribution < 1.29 is 4.79 Å². The van der Waals surface area contributed by atoms with Crippen LogP contribution in [0, 0.1) is 17.4 Å². The van der Waals surface area contributed by atoms with E-state index in [-0.39, 0.29) is 11.5 Å². The van der Waals surface area contributed by atoms with E-state index in [1.165, 1.54) is 22.2 Å². The molecule has 5 nitrogen and oxygen atoms in total. The number of benzene rings is 1. The van der Waals surface area contributed by atoms with Gasteiger partial charge in [0, 0.05) is 16.3 Å². The molecule has 0 radical (unpaired) electrons. The number of amides is 1. The Morgan fingerprint density at radius 1 is 1.35 bits per heavy atom. The first-order valence-electron chi connectivity index (χ1n) is 6.90. The number of carbonyl (C=O) groups excluding carboxylic acids is 1. The van der Waals surface area contributed by atoms with Gasteiger partial charge in [-0.2, -0.15) is 0 Å². The molecular formula is C16H14IN3O2S. The second kappa shape index (κ2) is 6.04. The number of aryl methyl sites for hydroxylation is 3. The number of rotatable bonds is 2. The summed E-state index contributed by atoms with van der Waals surface area (Å²) in [6.45, 7) is 3.74. The summed E-state index contributed by atoms with van der Waals surface area (Å²) in [5.74, 6) is -0.211. The van der Waals surface area contributed by atoms with Crippen molar-refractivity contribution in [1.29, 1.82) is 0 Å².